The fourth-order valence-corrected chi connectivity index (χ4v) is 4.28. The number of Topliss-reactive ketones (excluding diaryl/α,β-unsaturated/α-hetero) is 1. The number of carbonyl (C=O) groups excluding carboxylic acids is 2. The van der Waals surface area contributed by atoms with Crippen LogP contribution in [0.5, 0.6) is 0 Å². The van der Waals surface area contributed by atoms with Crippen molar-refractivity contribution in [3.8, 4) is 5.69 Å². The number of thioether (sulfide) groups is 1. The first kappa shape index (κ1) is 23.7. The molecule has 1 N–H and O–H groups in total. The molecule has 0 fully saturated rings. The van der Waals surface area contributed by atoms with Crippen LogP contribution in [-0.2, 0) is 17.6 Å². The number of carbonyl (C=O) groups is 2. The summed E-state index contributed by atoms with van der Waals surface area (Å²) >= 11 is 1.39. The quantitative estimate of drug-likeness (QED) is 0.264. The summed E-state index contributed by atoms with van der Waals surface area (Å²) in [4.78, 5) is 23.9. The highest BCUT2D eigenvalue weighted by Crippen LogP contribution is 2.24. The van der Waals surface area contributed by atoms with Crippen molar-refractivity contribution < 1.29 is 9.59 Å². The number of aryl methyl sites for hydroxylation is 1. The average molecular weight is 451 g/mol. The van der Waals surface area contributed by atoms with Crippen LogP contribution >= 0.6 is 11.8 Å². The highest BCUT2D eigenvalue weighted by atomic mass is 32.2. The Bertz CT molecular complexity index is 1030. The highest BCUT2D eigenvalue weighted by Gasteiger charge is 2.16. The molecule has 0 aliphatic heterocycles. The molecule has 0 saturated carbocycles. The van der Waals surface area contributed by atoms with Crippen molar-refractivity contribution in [1.82, 2.24) is 20.1 Å². The first-order valence-corrected chi connectivity index (χ1v) is 11.9. The van der Waals surface area contributed by atoms with E-state index < -0.39 is 0 Å². The SMILES string of the molecule is CC(=O)NCCCc1nnc(SCC(=O)c2ccc(CC(C)C)cc2)n1-c1ccccc1. The molecule has 0 spiro atoms. The highest BCUT2D eigenvalue weighted by molar-refractivity contribution is 7.99. The number of aromatic nitrogens is 3. The van der Waals surface area contributed by atoms with Gasteiger partial charge in [-0.3, -0.25) is 14.2 Å². The zero-order valence-electron chi connectivity index (χ0n) is 18.9. The Labute approximate surface area is 193 Å². The minimum absolute atomic E-state index is 0.0403. The van der Waals surface area contributed by atoms with E-state index in [9.17, 15) is 9.59 Å². The van der Waals surface area contributed by atoms with Gasteiger partial charge in [-0.25, -0.2) is 0 Å². The fourth-order valence-electron chi connectivity index (χ4n) is 3.41. The number of para-hydroxylation sites is 1. The van der Waals surface area contributed by atoms with E-state index in [0.29, 0.717) is 35.4 Å². The Morgan fingerprint density at radius 2 is 1.75 bits per heavy atom. The molecule has 0 unspecified atom stereocenters. The summed E-state index contributed by atoms with van der Waals surface area (Å²) in [5.74, 6) is 1.72. The molecule has 7 heteroatoms. The molecule has 168 valence electrons. The molecular weight excluding hydrogens is 420 g/mol. The number of nitrogens with zero attached hydrogens (tertiary/aromatic N) is 3. The molecule has 3 rings (SSSR count). The maximum Gasteiger partial charge on any atom is 0.216 e. The number of amides is 1. The van der Waals surface area contributed by atoms with Crippen molar-refractivity contribution in [3.63, 3.8) is 0 Å². The maximum absolute atomic E-state index is 12.8. The molecule has 2 aromatic carbocycles. The second-order valence-corrected chi connectivity index (χ2v) is 9.11. The molecule has 0 aliphatic rings. The van der Waals surface area contributed by atoms with Crippen molar-refractivity contribution in [2.75, 3.05) is 12.3 Å². The van der Waals surface area contributed by atoms with Gasteiger partial charge in [-0.2, -0.15) is 0 Å². The lowest BCUT2D eigenvalue weighted by atomic mass is 10.0. The lowest BCUT2D eigenvalue weighted by Crippen LogP contribution is -2.21. The van der Waals surface area contributed by atoms with Crippen molar-refractivity contribution in [2.45, 2.75) is 45.2 Å². The van der Waals surface area contributed by atoms with E-state index in [0.717, 1.165) is 24.4 Å². The number of hydrogen-bond acceptors (Lipinski definition) is 5. The van der Waals surface area contributed by atoms with Crippen LogP contribution in [0.3, 0.4) is 0 Å². The molecule has 0 atom stereocenters. The minimum Gasteiger partial charge on any atom is -0.356 e. The molecular formula is C25H30N4O2S. The van der Waals surface area contributed by atoms with Gasteiger partial charge in [0.15, 0.2) is 10.9 Å². The van der Waals surface area contributed by atoms with Crippen LogP contribution < -0.4 is 5.32 Å². The van der Waals surface area contributed by atoms with E-state index in [1.54, 1.807) is 0 Å². The zero-order chi connectivity index (χ0) is 22.9. The minimum atomic E-state index is -0.0403. The number of nitrogens with one attached hydrogen (secondary N) is 1. The molecule has 3 aromatic rings. The normalized spacial score (nSPS) is 11.0. The first-order chi connectivity index (χ1) is 15.4. The van der Waals surface area contributed by atoms with Gasteiger partial charge in [0, 0.05) is 31.1 Å². The molecule has 0 radical (unpaired) electrons. The van der Waals surface area contributed by atoms with Crippen LogP contribution in [0.1, 0.15) is 48.9 Å². The average Bonchev–Trinajstić information content (AvgIpc) is 3.18. The summed E-state index contributed by atoms with van der Waals surface area (Å²) in [6.45, 7) is 6.47. The van der Waals surface area contributed by atoms with Crippen LogP contribution in [-0.4, -0.2) is 38.8 Å². The number of rotatable bonds is 11. The lowest BCUT2D eigenvalue weighted by Gasteiger charge is -2.10. The van der Waals surface area contributed by atoms with E-state index in [-0.39, 0.29) is 11.7 Å². The van der Waals surface area contributed by atoms with Gasteiger partial charge in [-0.15, -0.1) is 10.2 Å². The first-order valence-electron chi connectivity index (χ1n) is 10.9. The third kappa shape index (κ3) is 6.79. The van der Waals surface area contributed by atoms with Gasteiger partial charge in [-0.1, -0.05) is 68.1 Å². The van der Waals surface area contributed by atoms with Gasteiger partial charge in [0.1, 0.15) is 5.82 Å². The summed E-state index contributed by atoms with van der Waals surface area (Å²) in [5.41, 5.74) is 2.92. The Hall–Kier alpha value is -2.93. The van der Waals surface area contributed by atoms with Gasteiger partial charge in [0.05, 0.1) is 5.75 Å². The molecule has 0 saturated heterocycles. The van der Waals surface area contributed by atoms with Gasteiger partial charge >= 0.3 is 0 Å². The largest absolute Gasteiger partial charge is 0.356 e. The lowest BCUT2D eigenvalue weighted by molar-refractivity contribution is -0.118. The van der Waals surface area contributed by atoms with E-state index >= 15 is 0 Å². The molecule has 32 heavy (non-hydrogen) atoms. The second kappa shape index (κ2) is 11.6. The van der Waals surface area contributed by atoms with Gasteiger partial charge < -0.3 is 5.32 Å². The van der Waals surface area contributed by atoms with E-state index in [2.05, 4.69) is 29.4 Å². The third-order valence-electron chi connectivity index (χ3n) is 4.92. The van der Waals surface area contributed by atoms with Crippen molar-refractivity contribution in [1.29, 1.82) is 0 Å². The summed E-state index contributed by atoms with van der Waals surface area (Å²) < 4.78 is 2.00. The van der Waals surface area contributed by atoms with Crippen LogP contribution in [0.2, 0.25) is 0 Å². The summed E-state index contributed by atoms with van der Waals surface area (Å²) in [6.07, 6.45) is 2.44. The van der Waals surface area contributed by atoms with Crippen molar-refractivity contribution >= 4 is 23.5 Å². The Morgan fingerprint density at radius 1 is 1.03 bits per heavy atom. The van der Waals surface area contributed by atoms with Gasteiger partial charge in [-0.05, 0) is 36.5 Å². The number of benzene rings is 2. The molecule has 0 aliphatic carbocycles. The molecule has 6 nitrogen and oxygen atoms in total. The van der Waals surface area contributed by atoms with Crippen LogP contribution in [0.4, 0.5) is 0 Å². The smallest absolute Gasteiger partial charge is 0.216 e. The molecule has 1 aromatic heterocycles. The van der Waals surface area contributed by atoms with Crippen LogP contribution in [0.15, 0.2) is 59.8 Å². The van der Waals surface area contributed by atoms with Crippen molar-refractivity contribution in [2.24, 2.45) is 5.92 Å². The van der Waals surface area contributed by atoms with Crippen molar-refractivity contribution in [3.05, 3.63) is 71.5 Å². The topological polar surface area (TPSA) is 76.9 Å². The summed E-state index contributed by atoms with van der Waals surface area (Å²) in [6, 6.07) is 17.8. The van der Waals surface area contributed by atoms with Crippen LogP contribution in [0, 0.1) is 5.92 Å². The second-order valence-electron chi connectivity index (χ2n) is 8.16. The van der Waals surface area contributed by atoms with Crippen LogP contribution in [0.25, 0.3) is 5.69 Å². The zero-order valence-corrected chi connectivity index (χ0v) is 19.7. The van der Waals surface area contributed by atoms with E-state index in [4.69, 9.17) is 0 Å². The predicted octanol–water partition coefficient (Wildman–Crippen LogP) is 4.51. The number of hydrogen-bond donors (Lipinski definition) is 1. The fraction of sp³-hybridized carbons (Fsp3) is 0.360. The predicted molar refractivity (Wildman–Crippen MR) is 128 cm³/mol. The summed E-state index contributed by atoms with van der Waals surface area (Å²) in [7, 11) is 0. The van der Waals surface area contributed by atoms with Gasteiger partial charge in [0.2, 0.25) is 5.91 Å². The Morgan fingerprint density at radius 3 is 2.41 bits per heavy atom. The molecule has 0 bridgehead atoms. The third-order valence-corrected chi connectivity index (χ3v) is 5.85. The number of ketones is 1. The Balaban J connectivity index is 1.70. The Kier molecular flexibility index (Phi) is 8.62. The van der Waals surface area contributed by atoms with Gasteiger partial charge in [0.25, 0.3) is 0 Å². The maximum atomic E-state index is 12.8. The van der Waals surface area contributed by atoms with E-state index in [1.807, 2.05) is 59.2 Å². The van der Waals surface area contributed by atoms with E-state index in [1.165, 1.54) is 24.2 Å². The molecule has 1 amide bonds. The molecule has 1 heterocycles. The standard InChI is InChI=1S/C25H30N4O2S/c1-18(2)16-20-11-13-21(14-12-20)23(31)17-32-25-28-27-24(10-7-15-26-19(3)30)29(25)22-8-5-4-6-9-22/h4-6,8-9,11-14,18H,7,10,15-17H2,1-3H3,(H,26,30). The summed E-state index contributed by atoms with van der Waals surface area (Å²) in [5, 5.41) is 12.2. The monoisotopic (exact) mass is 450 g/mol.